The molecule has 1 amide bonds. The van der Waals surface area contributed by atoms with Crippen LogP contribution < -0.4 is 5.32 Å². The highest BCUT2D eigenvalue weighted by atomic mass is 79.9. The van der Waals surface area contributed by atoms with E-state index in [9.17, 15) is 9.59 Å². The minimum absolute atomic E-state index is 0.156. The molecule has 1 aromatic rings. The lowest BCUT2D eigenvalue weighted by molar-refractivity contribution is -0.148. The Hall–Kier alpha value is -1.40. The van der Waals surface area contributed by atoms with Gasteiger partial charge in [0.25, 0.3) is 5.91 Å². The molecule has 1 atom stereocenters. The summed E-state index contributed by atoms with van der Waals surface area (Å²) in [6.07, 6.45) is -0.870. The number of hydrogen-bond donors (Lipinski definition) is 2. The van der Waals surface area contributed by atoms with Crippen molar-refractivity contribution in [3.63, 3.8) is 0 Å². The average Bonchev–Trinajstić information content (AvgIpc) is 2.34. The molecule has 2 N–H and O–H groups in total. The van der Waals surface area contributed by atoms with Crippen molar-refractivity contribution in [2.75, 3.05) is 13.2 Å². The number of ether oxygens (including phenoxy) is 1. The molecule has 0 radical (unpaired) electrons. The van der Waals surface area contributed by atoms with Gasteiger partial charge in [0.15, 0.2) is 6.10 Å². The van der Waals surface area contributed by atoms with E-state index in [1.165, 1.54) is 6.92 Å². The standard InChI is InChI=1S/C12H14BrNO4/c1-8(12(16)17)18-7-6-14-11(15)9-4-2-3-5-10(9)13/h2-5,8H,6-7H2,1H3,(H,14,15)(H,16,17). The Balaban J connectivity index is 2.34. The van der Waals surface area contributed by atoms with E-state index in [4.69, 9.17) is 9.84 Å². The molecule has 0 heterocycles. The van der Waals surface area contributed by atoms with E-state index in [-0.39, 0.29) is 19.1 Å². The predicted molar refractivity (Wildman–Crippen MR) is 69.5 cm³/mol. The molecule has 1 aromatic carbocycles. The third kappa shape index (κ3) is 4.46. The molecular formula is C12H14BrNO4. The first-order chi connectivity index (χ1) is 8.52. The summed E-state index contributed by atoms with van der Waals surface area (Å²) < 4.78 is 5.70. The minimum atomic E-state index is -1.02. The summed E-state index contributed by atoms with van der Waals surface area (Å²) in [7, 11) is 0. The van der Waals surface area contributed by atoms with E-state index >= 15 is 0 Å². The minimum Gasteiger partial charge on any atom is -0.479 e. The summed E-state index contributed by atoms with van der Waals surface area (Å²) in [5.41, 5.74) is 0.531. The van der Waals surface area contributed by atoms with Gasteiger partial charge >= 0.3 is 5.97 Å². The van der Waals surface area contributed by atoms with Crippen molar-refractivity contribution in [2.24, 2.45) is 0 Å². The zero-order valence-electron chi connectivity index (χ0n) is 9.85. The Kier molecular flexibility index (Phi) is 5.80. The highest BCUT2D eigenvalue weighted by molar-refractivity contribution is 9.10. The van der Waals surface area contributed by atoms with Crippen LogP contribution in [0.25, 0.3) is 0 Å². The van der Waals surface area contributed by atoms with E-state index < -0.39 is 12.1 Å². The molecule has 18 heavy (non-hydrogen) atoms. The number of hydrogen-bond acceptors (Lipinski definition) is 3. The maximum Gasteiger partial charge on any atom is 0.332 e. The number of rotatable bonds is 6. The molecule has 0 bridgehead atoms. The number of benzene rings is 1. The molecule has 98 valence electrons. The van der Waals surface area contributed by atoms with Crippen molar-refractivity contribution in [1.82, 2.24) is 5.32 Å². The van der Waals surface area contributed by atoms with E-state index in [1.807, 2.05) is 6.07 Å². The van der Waals surface area contributed by atoms with Gasteiger partial charge in [-0.1, -0.05) is 12.1 Å². The Morgan fingerprint density at radius 1 is 1.44 bits per heavy atom. The fourth-order valence-corrected chi connectivity index (χ4v) is 1.68. The highest BCUT2D eigenvalue weighted by Gasteiger charge is 2.11. The molecule has 5 nitrogen and oxygen atoms in total. The fraction of sp³-hybridized carbons (Fsp3) is 0.333. The molecule has 6 heteroatoms. The highest BCUT2D eigenvalue weighted by Crippen LogP contribution is 2.15. The molecule has 0 spiro atoms. The monoisotopic (exact) mass is 315 g/mol. The predicted octanol–water partition coefficient (Wildman–Crippen LogP) is 1.67. The molecule has 1 unspecified atom stereocenters. The molecule has 0 saturated heterocycles. The van der Waals surface area contributed by atoms with Crippen LogP contribution in [0.3, 0.4) is 0 Å². The molecule has 1 rings (SSSR count). The van der Waals surface area contributed by atoms with Crippen molar-refractivity contribution < 1.29 is 19.4 Å². The molecule has 0 aromatic heterocycles. The van der Waals surface area contributed by atoms with Gasteiger partial charge in [-0.15, -0.1) is 0 Å². The second kappa shape index (κ2) is 7.13. The summed E-state index contributed by atoms with van der Waals surface area (Å²) in [5.74, 6) is -1.25. The summed E-state index contributed by atoms with van der Waals surface area (Å²) in [4.78, 5) is 22.2. The van der Waals surface area contributed by atoms with Crippen LogP contribution in [-0.4, -0.2) is 36.2 Å². The zero-order chi connectivity index (χ0) is 13.5. The first kappa shape index (κ1) is 14.7. The lowest BCUT2D eigenvalue weighted by atomic mass is 10.2. The Morgan fingerprint density at radius 3 is 2.72 bits per heavy atom. The maximum atomic E-state index is 11.7. The van der Waals surface area contributed by atoms with Gasteiger partial charge in [-0.05, 0) is 35.0 Å². The third-order valence-corrected chi connectivity index (χ3v) is 2.91. The van der Waals surface area contributed by atoms with Crippen LogP contribution >= 0.6 is 15.9 Å². The second-order valence-electron chi connectivity index (χ2n) is 3.59. The number of halogens is 1. The molecule has 0 aliphatic heterocycles. The SMILES string of the molecule is CC(OCCNC(=O)c1ccccc1Br)C(=O)O. The van der Waals surface area contributed by atoms with Gasteiger partial charge in [0.1, 0.15) is 0 Å². The number of carboxylic acids is 1. The van der Waals surface area contributed by atoms with Gasteiger partial charge in [-0.3, -0.25) is 4.79 Å². The van der Waals surface area contributed by atoms with Gasteiger partial charge in [0.2, 0.25) is 0 Å². The first-order valence-electron chi connectivity index (χ1n) is 5.39. The van der Waals surface area contributed by atoms with Gasteiger partial charge in [0, 0.05) is 11.0 Å². The van der Waals surface area contributed by atoms with Crippen molar-refractivity contribution in [3.05, 3.63) is 34.3 Å². The van der Waals surface area contributed by atoms with Crippen molar-refractivity contribution in [2.45, 2.75) is 13.0 Å². The normalized spacial score (nSPS) is 11.9. The van der Waals surface area contributed by atoms with E-state index in [1.54, 1.807) is 18.2 Å². The molecule has 0 aliphatic carbocycles. The topological polar surface area (TPSA) is 75.6 Å². The Labute approximate surface area is 113 Å². The Morgan fingerprint density at radius 2 is 2.11 bits per heavy atom. The number of carbonyl (C=O) groups excluding carboxylic acids is 1. The van der Waals surface area contributed by atoms with Crippen molar-refractivity contribution >= 4 is 27.8 Å². The van der Waals surface area contributed by atoms with Crippen molar-refractivity contribution in [1.29, 1.82) is 0 Å². The average molecular weight is 316 g/mol. The van der Waals surface area contributed by atoms with Crippen LogP contribution in [0.2, 0.25) is 0 Å². The summed E-state index contributed by atoms with van der Waals surface area (Å²) in [6, 6.07) is 7.05. The summed E-state index contributed by atoms with van der Waals surface area (Å²) in [6.45, 7) is 1.86. The van der Waals surface area contributed by atoms with Gasteiger partial charge in [-0.25, -0.2) is 4.79 Å². The molecule has 0 aliphatic rings. The smallest absolute Gasteiger partial charge is 0.332 e. The fourth-order valence-electron chi connectivity index (χ4n) is 1.21. The molecule has 0 saturated carbocycles. The first-order valence-corrected chi connectivity index (χ1v) is 6.19. The van der Waals surface area contributed by atoms with Crippen LogP contribution in [-0.2, 0) is 9.53 Å². The van der Waals surface area contributed by atoms with Crippen molar-refractivity contribution in [3.8, 4) is 0 Å². The number of amides is 1. The van der Waals surface area contributed by atoms with Crippen LogP contribution in [0.1, 0.15) is 17.3 Å². The van der Waals surface area contributed by atoms with Gasteiger partial charge < -0.3 is 15.2 Å². The summed E-state index contributed by atoms with van der Waals surface area (Å²) in [5, 5.41) is 11.2. The molecular weight excluding hydrogens is 302 g/mol. The van der Waals surface area contributed by atoms with E-state index in [2.05, 4.69) is 21.2 Å². The second-order valence-corrected chi connectivity index (χ2v) is 4.44. The number of nitrogens with one attached hydrogen (secondary N) is 1. The number of aliphatic carboxylic acids is 1. The van der Waals surface area contributed by atoms with E-state index in [0.29, 0.717) is 10.0 Å². The quantitative estimate of drug-likeness (QED) is 0.783. The van der Waals surface area contributed by atoms with Crippen LogP contribution in [0.5, 0.6) is 0 Å². The van der Waals surface area contributed by atoms with Gasteiger partial charge in [-0.2, -0.15) is 0 Å². The van der Waals surface area contributed by atoms with Gasteiger partial charge in [0.05, 0.1) is 12.2 Å². The largest absolute Gasteiger partial charge is 0.479 e. The van der Waals surface area contributed by atoms with Crippen LogP contribution in [0, 0.1) is 0 Å². The number of carboxylic acid groups (broad SMARTS) is 1. The maximum absolute atomic E-state index is 11.7. The van der Waals surface area contributed by atoms with E-state index in [0.717, 1.165) is 0 Å². The van der Waals surface area contributed by atoms with Crippen LogP contribution in [0.15, 0.2) is 28.7 Å². The zero-order valence-corrected chi connectivity index (χ0v) is 11.4. The third-order valence-electron chi connectivity index (χ3n) is 2.22. The lowest BCUT2D eigenvalue weighted by Crippen LogP contribution is -2.30. The molecule has 0 fully saturated rings. The summed E-state index contributed by atoms with van der Waals surface area (Å²) >= 11 is 3.28. The lowest BCUT2D eigenvalue weighted by Gasteiger charge is -2.09. The number of carbonyl (C=O) groups is 2. The van der Waals surface area contributed by atoms with Crippen LogP contribution in [0.4, 0.5) is 0 Å². The Bertz CT molecular complexity index is 436.